The van der Waals surface area contributed by atoms with E-state index in [1.807, 2.05) is 78.9 Å². The molecule has 0 aliphatic heterocycles. The predicted octanol–water partition coefficient (Wildman–Crippen LogP) is 10.7. The quantitative estimate of drug-likeness (QED) is 0.191. The second kappa shape index (κ2) is 11.3. The summed E-state index contributed by atoms with van der Waals surface area (Å²) in [7, 11) is 0. The predicted molar refractivity (Wildman–Crippen MR) is 189 cm³/mol. The second-order valence-electron chi connectivity index (χ2n) is 10.9. The Balaban J connectivity index is 0.00000153. The van der Waals surface area contributed by atoms with Gasteiger partial charge in [0.2, 0.25) is 0 Å². The molecule has 0 saturated carbocycles. The van der Waals surface area contributed by atoms with Crippen LogP contribution in [-0.4, -0.2) is 19.5 Å². The van der Waals surface area contributed by atoms with Crippen molar-refractivity contribution in [1.82, 2.24) is 19.5 Å². The van der Waals surface area contributed by atoms with Crippen molar-refractivity contribution in [2.45, 2.75) is 0 Å². The van der Waals surface area contributed by atoms with E-state index in [1.165, 1.54) is 10.8 Å². The van der Waals surface area contributed by atoms with Crippen LogP contribution in [0.2, 0.25) is 0 Å². The van der Waals surface area contributed by atoms with Crippen LogP contribution in [0.5, 0.6) is 0 Å². The van der Waals surface area contributed by atoms with E-state index in [9.17, 15) is 0 Å². The van der Waals surface area contributed by atoms with E-state index in [0.717, 1.165) is 55.3 Å². The van der Waals surface area contributed by atoms with E-state index in [0.29, 0.717) is 17.5 Å². The Labute approximate surface area is 265 Å². The van der Waals surface area contributed by atoms with Gasteiger partial charge in [0, 0.05) is 44.3 Å². The first-order valence-electron chi connectivity index (χ1n) is 15.1. The van der Waals surface area contributed by atoms with Gasteiger partial charge < -0.3 is 8.98 Å². The van der Waals surface area contributed by atoms with Crippen LogP contribution in [0, 0.1) is 0 Å². The van der Waals surface area contributed by atoms with Gasteiger partial charge in [-0.3, -0.25) is 0 Å². The minimum absolute atomic E-state index is 0.615. The van der Waals surface area contributed by atoms with Crippen molar-refractivity contribution in [2.24, 2.45) is 0 Å². The minimum atomic E-state index is 0.615. The maximum absolute atomic E-state index is 6.35. The number of hydrogen-bond donors (Lipinski definition) is 0. The lowest BCUT2D eigenvalue weighted by Crippen LogP contribution is -2.03. The summed E-state index contributed by atoms with van der Waals surface area (Å²) in [6.45, 7) is 6.00. The molecule has 0 amide bonds. The number of fused-ring (bicyclic) bond motifs is 6. The Morgan fingerprint density at radius 1 is 0.435 bits per heavy atom. The molecular weight excluding hydrogens is 564 g/mol. The monoisotopic (exact) mass is 592 g/mol. The van der Waals surface area contributed by atoms with Gasteiger partial charge in [0.1, 0.15) is 11.2 Å². The standard InChI is InChI=1S/C39H24N4O.C2H4/c1-3-13-25(14-4-1)37-40-38(26-15-5-2-6-16-26)42-39(41-37)29-19-8-11-21-33(29)43-32-20-10-7-17-27(32)30-23-31-28-18-9-12-22-35(28)44-36(31)24-34(30)43;1-2/h1-24H;1-2H2. The molecule has 0 unspecified atom stereocenters. The highest BCUT2D eigenvalue weighted by molar-refractivity contribution is 6.17. The summed E-state index contributed by atoms with van der Waals surface area (Å²) in [5.74, 6) is 1.88. The van der Waals surface area contributed by atoms with Gasteiger partial charge in [-0.15, -0.1) is 13.2 Å². The number of furan rings is 1. The fraction of sp³-hybridized carbons (Fsp3) is 0. The average Bonchev–Trinajstić information content (AvgIpc) is 3.66. The van der Waals surface area contributed by atoms with E-state index < -0.39 is 0 Å². The van der Waals surface area contributed by atoms with Gasteiger partial charge in [0.25, 0.3) is 0 Å². The van der Waals surface area contributed by atoms with Crippen molar-refractivity contribution in [1.29, 1.82) is 0 Å². The number of para-hydroxylation sites is 3. The molecule has 0 atom stereocenters. The Morgan fingerprint density at radius 3 is 1.72 bits per heavy atom. The van der Waals surface area contributed by atoms with Crippen molar-refractivity contribution >= 4 is 43.7 Å². The molecule has 0 saturated heterocycles. The largest absolute Gasteiger partial charge is 0.456 e. The highest BCUT2D eigenvalue weighted by Crippen LogP contribution is 2.40. The number of nitrogens with zero attached hydrogens (tertiary/aromatic N) is 4. The molecule has 0 bridgehead atoms. The topological polar surface area (TPSA) is 56.7 Å². The first-order valence-corrected chi connectivity index (χ1v) is 15.1. The fourth-order valence-electron chi connectivity index (χ4n) is 6.23. The Kier molecular flexibility index (Phi) is 6.69. The molecule has 218 valence electrons. The molecule has 3 aromatic heterocycles. The minimum Gasteiger partial charge on any atom is -0.456 e. The summed E-state index contributed by atoms with van der Waals surface area (Å²) < 4.78 is 8.65. The molecule has 46 heavy (non-hydrogen) atoms. The maximum Gasteiger partial charge on any atom is 0.166 e. The molecule has 0 aliphatic carbocycles. The lowest BCUT2D eigenvalue weighted by Gasteiger charge is -2.14. The van der Waals surface area contributed by atoms with Crippen LogP contribution in [-0.2, 0) is 0 Å². The van der Waals surface area contributed by atoms with Crippen LogP contribution in [0.15, 0.2) is 163 Å². The van der Waals surface area contributed by atoms with E-state index in [-0.39, 0.29) is 0 Å². The molecule has 3 heterocycles. The molecule has 0 N–H and O–H groups in total. The van der Waals surface area contributed by atoms with Crippen molar-refractivity contribution in [3.8, 4) is 39.9 Å². The number of benzene rings is 6. The summed E-state index contributed by atoms with van der Waals surface area (Å²) in [6.07, 6.45) is 0. The Bertz CT molecular complexity index is 2460. The molecule has 0 fully saturated rings. The summed E-state index contributed by atoms with van der Waals surface area (Å²) in [5, 5.41) is 4.57. The third-order valence-corrected chi connectivity index (χ3v) is 8.26. The maximum atomic E-state index is 6.35. The van der Waals surface area contributed by atoms with E-state index in [4.69, 9.17) is 19.4 Å². The molecule has 5 heteroatoms. The number of rotatable bonds is 4. The zero-order valence-corrected chi connectivity index (χ0v) is 25.0. The Morgan fingerprint density at radius 2 is 1.00 bits per heavy atom. The molecule has 0 radical (unpaired) electrons. The second-order valence-corrected chi connectivity index (χ2v) is 10.9. The van der Waals surface area contributed by atoms with Crippen molar-refractivity contribution in [2.75, 3.05) is 0 Å². The van der Waals surface area contributed by atoms with Gasteiger partial charge in [-0.2, -0.15) is 0 Å². The normalized spacial score (nSPS) is 11.2. The zero-order valence-electron chi connectivity index (χ0n) is 25.0. The van der Waals surface area contributed by atoms with Crippen molar-refractivity contribution < 1.29 is 4.42 Å². The van der Waals surface area contributed by atoms with Crippen molar-refractivity contribution in [3.63, 3.8) is 0 Å². The first kappa shape index (κ1) is 27.2. The van der Waals surface area contributed by atoms with E-state index >= 15 is 0 Å². The third-order valence-electron chi connectivity index (χ3n) is 8.26. The average molecular weight is 593 g/mol. The molecular formula is C41H28N4O. The third kappa shape index (κ3) is 4.45. The van der Waals surface area contributed by atoms with Crippen molar-refractivity contribution in [3.05, 3.63) is 159 Å². The van der Waals surface area contributed by atoms with Gasteiger partial charge in [0.05, 0.1) is 16.7 Å². The van der Waals surface area contributed by atoms with Gasteiger partial charge in [-0.05, 0) is 30.3 Å². The number of hydrogen-bond acceptors (Lipinski definition) is 4. The highest BCUT2D eigenvalue weighted by Gasteiger charge is 2.20. The smallest absolute Gasteiger partial charge is 0.166 e. The molecule has 9 aromatic rings. The van der Waals surface area contributed by atoms with Gasteiger partial charge in [-0.1, -0.05) is 109 Å². The molecule has 9 rings (SSSR count). The summed E-state index contributed by atoms with van der Waals surface area (Å²) in [5.41, 5.74) is 7.69. The van der Waals surface area contributed by atoms with Crippen LogP contribution in [0.4, 0.5) is 0 Å². The van der Waals surface area contributed by atoms with Crippen LogP contribution in [0.1, 0.15) is 0 Å². The molecule has 6 aromatic carbocycles. The van der Waals surface area contributed by atoms with Crippen LogP contribution < -0.4 is 0 Å². The van der Waals surface area contributed by atoms with Crippen LogP contribution in [0.25, 0.3) is 83.6 Å². The van der Waals surface area contributed by atoms with Gasteiger partial charge in [0.15, 0.2) is 17.5 Å². The number of aromatic nitrogens is 4. The molecule has 0 aliphatic rings. The molecule has 5 nitrogen and oxygen atoms in total. The summed E-state index contributed by atoms with van der Waals surface area (Å²) >= 11 is 0. The van der Waals surface area contributed by atoms with Crippen LogP contribution in [0.3, 0.4) is 0 Å². The van der Waals surface area contributed by atoms with Gasteiger partial charge in [-0.25, -0.2) is 15.0 Å². The molecule has 0 spiro atoms. The first-order chi connectivity index (χ1) is 22.8. The SMILES string of the molecule is C=C.c1ccc(-c2nc(-c3ccccc3)nc(-c3ccccc3-n3c4ccccc4c4cc5c(cc43)oc3ccccc35)n2)cc1. The zero-order chi connectivity index (χ0) is 31.0. The van der Waals surface area contributed by atoms with Gasteiger partial charge >= 0.3 is 0 Å². The Hall–Kier alpha value is -6.33. The lowest BCUT2D eigenvalue weighted by molar-refractivity contribution is 0.669. The van der Waals surface area contributed by atoms with E-state index in [1.54, 1.807) is 0 Å². The summed E-state index contributed by atoms with van der Waals surface area (Å²) in [6, 6.07) is 49.7. The van der Waals surface area contributed by atoms with E-state index in [2.05, 4.69) is 84.5 Å². The summed E-state index contributed by atoms with van der Waals surface area (Å²) in [4.78, 5) is 15.0. The lowest BCUT2D eigenvalue weighted by atomic mass is 10.1. The fourth-order valence-corrected chi connectivity index (χ4v) is 6.23. The highest BCUT2D eigenvalue weighted by atomic mass is 16.3. The van der Waals surface area contributed by atoms with Crippen LogP contribution >= 0.6 is 0 Å².